The van der Waals surface area contributed by atoms with Gasteiger partial charge in [0.2, 0.25) is 88.6 Å². The van der Waals surface area contributed by atoms with Gasteiger partial charge in [0.15, 0.2) is 0 Å². The molecular formula is C95H121FN16O19S. The average molecular weight is 1840 g/mol. The van der Waals surface area contributed by atoms with Crippen molar-refractivity contribution >= 4 is 117 Å². The van der Waals surface area contributed by atoms with Crippen LogP contribution in [0.15, 0.2) is 164 Å². The Bertz CT molecular complexity index is 5180. The number of unbranched alkanes of at least 4 members (excludes halogenated alkanes) is 1. The quantitative estimate of drug-likeness (QED) is 0.0413. The second-order valence-corrected chi connectivity index (χ2v) is 35.0. The molecular weight excluding hydrogens is 1720 g/mol. The summed E-state index contributed by atoms with van der Waals surface area (Å²) in [6.45, 7) is 5.67. The summed E-state index contributed by atoms with van der Waals surface area (Å²) in [4.78, 5) is 243. The zero-order chi connectivity index (χ0) is 96.6. The Morgan fingerprint density at radius 3 is 1.66 bits per heavy atom. The number of halogens is 1. The molecule has 15 amide bonds. The molecule has 37 heteroatoms. The largest absolute Gasteiger partial charge is 0.508 e. The van der Waals surface area contributed by atoms with Crippen molar-refractivity contribution in [1.82, 2.24) is 77.3 Å². The first-order valence-corrected chi connectivity index (χ1v) is 44.9. The lowest BCUT2D eigenvalue weighted by atomic mass is 9.96. The summed E-state index contributed by atoms with van der Waals surface area (Å²) in [6.07, 6.45) is 0.327. The van der Waals surface area contributed by atoms with Gasteiger partial charge in [-0.25, -0.2) is 4.39 Å². The third kappa shape index (κ3) is 31.5. The molecule has 0 bridgehead atoms. The molecule has 7 aromatic rings. The lowest BCUT2D eigenvalue weighted by molar-refractivity contribution is -0.151. The molecule has 708 valence electrons. The summed E-state index contributed by atoms with van der Waals surface area (Å²) in [5.74, 6) is -19.4. The first-order chi connectivity index (χ1) is 62.8. The molecule has 0 unspecified atom stereocenters. The number of phenols is 2. The Kier molecular flexibility index (Phi) is 39.6. The number of amides is 15. The molecule has 8 rings (SSSR count). The monoisotopic (exact) mass is 1840 g/mol. The number of aliphatic carboxylic acids is 1. The van der Waals surface area contributed by atoms with Crippen molar-refractivity contribution in [3.8, 4) is 11.5 Å². The standard InChI is InChI=1S/C95H121FN16O19S/c1-11-12-30-76-93(129)109(7)53-81(117)102-73(48-83(119)120)89(125)107-84(57(4)5)95(131)111(9)77(46-62-26-21-27-65(96)42-62)90(126)105-74(44-61-33-38-67(114)39-34-61)91(127)108(6)52-80(116)99-50-64(47-63-49-98-69-29-20-19-28-68(63)69)85(121)103-72(43-60-31-36-66(113)37-32-60)88(124)104-71(41-56(2)3)87(123)106-75(86(122)100-51-79(97)115)54-132-55-82(118)101-70(40-35-58-22-15-13-16-23-58)92(128)112(10)78(94(130)110(76)8)45-59-24-17-14-18-25-59/h13-29,31-34,36-39,42,49,56-57,64,70-78,84,98,113-114H,11-12,30,35,40-41,43-48,50-55H2,1-10H3,(H2,97,115)(H,99,116)(H,100,122)(H,101,118)(H,102,117)(H,103,121)(H,104,124)(H,105,126)(H,106,123)(H,107,125)(H,119,120)/t64-,70+,71+,72-,73+,74+,75+,76+,77+,78+,84+/m1/s1. The maximum absolute atomic E-state index is 15.6. The van der Waals surface area contributed by atoms with E-state index >= 15 is 42.7 Å². The normalized spacial score (nSPS) is 21.8. The van der Waals surface area contributed by atoms with E-state index in [1.165, 1.54) is 115 Å². The highest BCUT2D eigenvalue weighted by molar-refractivity contribution is 8.00. The Hall–Kier alpha value is -13.7. The smallest absolute Gasteiger partial charge is 0.305 e. The number of carboxylic acids is 1. The number of nitrogens with two attached hydrogens (primary N) is 1. The lowest BCUT2D eigenvalue weighted by Crippen LogP contribution is -2.61. The number of carbonyl (C=O) groups excluding carboxylic acids is 15. The SMILES string of the molecule is CCCC[C@H]1C(=O)N(C)CC(=O)N[C@@H](CC(=O)O)C(=O)N[C@@H](C(C)C)C(=O)N(C)[C@@H](Cc2cccc(F)c2)C(=O)N[C@@H](Cc2ccc(O)cc2)C(=O)N(C)CC(=O)NC[C@@H](Cc2c[nH]c3ccccc23)C(=O)N[C@H](Cc2ccc(O)cc2)C(=O)N[C@@H](CC(C)C)C(=O)N[C@H](C(=O)NCC(N)=O)CSCC(=O)N[C@@H](CCc2ccccc2)C(=O)N(C)[C@@H](Cc2ccccc2)C(=O)N1C. The molecule has 1 aromatic heterocycles. The number of nitrogens with one attached hydrogen (secondary N) is 10. The number of aromatic nitrogens is 1. The minimum atomic E-state index is -1.94. The lowest BCUT2D eigenvalue weighted by Gasteiger charge is -2.37. The van der Waals surface area contributed by atoms with Crippen LogP contribution in [0.25, 0.3) is 10.9 Å². The van der Waals surface area contributed by atoms with Gasteiger partial charge in [-0.05, 0) is 120 Å². The van der Waals surface area contributed by atoms with Crippen molar-refractivity contribution < 1.29 is 96.4 Å². The molecule has 6 aromatic carbocycles. The van der Waals surface area contributed by atoms with Gasteiger partial charge in [-0.3, -0.25) is 76.7 Å². The van der Waals surface area contributed by atoms with E-state index in [0.717, 1.165) is 49.1 Å². The minimum Gasteiger partial charge on any atom is -0.508 e. The number of benzene rings is 6. The molecule has 0 spiro atoms. The predicted molar refractivity (Wildman–Crippen MR) is 491 cm³/mol. The first-order valence-electron chi connectivity index (χ1n) is 43.7. The molecule has 0 saturated carbocycles. The number of aromatic hydroxyl groups is 2. The number of carbonyl (C=O) groups is 16. The fourth-order valence-electron chi connectivity index (χ4n) is 15.3. The number of hydrogen-bond acceptors (Lipinski definition) is 19. The molecule has 35 nitrogen and oxygen atoms in total. The predicted octanol–water partition coefficient (Wildman–Crippen LogP) is 3.10. The van der Waals surface area contributed by atoms with Crippen LogP contribution < -0.4 is 53.6 Å². The third-order valence-corrected chi connectivity index (χ3v) is 23.7. The number of H-pyrrole nitrogens is 1. The van der Waals surface area contributed by atoms with Gasteiger partial charge >= 0.3 is 5.97 Å². The number of rotatable bonds is 24. The number of nitrogens with zero attached hydrogens (tertiary/aromatic N) is 5. The average Bonchev–Trinajstić information content (AvgIpc) is 1.23. The number of phenolic OH excluding ortho intramolecular Hbond substituents is 2. The van der Waals surface area contributed by atoms with Gasteiger partial charge < -0.3 is 98.4 Å². The maximum Gasteiger partial charge on any atom is 0.305 e. The van der Waals surface area contributed by atoms with Crippen LogP contribution >= 0.6 is 11.8 Å². The fraction of sp³-hybridized carbons (Fsp3) is 0.432. The number of hydrogen-bond donors (Lipinski definition) is 14. The number of aromatic amines is 1. The minimum absolute atomic E-state index is 0.0160. The second-order valence-electron chi connectivity index (χ2n) is 33.9. The van der Waals surface area contributed by atoms with Crippen LogP contribution in [-0.2, 0) is 115 Å². The van der Waals surface area contributed by atoms with Crippen LogP contribution in [0.1, 0.15) is 107 Å². The Morgan fingerprint density at radius 1 is 0.508 bits per heavy atom. The van der Waals surface area contributed by atoms with Gasteiger partial charge in [-0.1, -0.05) is 163 Å². The van der Waals surface area contributed by atoms with Crippen LogP contribution in [-0.4, -0.2) is 273 Å². The molecule has 1 fully saturated rings. The molecule has 15 N–H and O–H groups in total. The molecule has 132 heavy (non-hydrogen) atoms. The van der Waals surface area contributed by atoms with Gasteiger partial charge in [0.25, 0.3) is 0 Å². The van der Waals surface area contributed by atoms with Crippen LogP contribution in [0.2, 0.25) is 0 Å². The number of thioether (sulfide) groups is 1. The topological polar surface area (TPSA) is 500 Å². The summed E-state index contributed by atoms with van der Waals surface area (Å²) >= 11 is 0.837. The maximum atomic E-state index is 15.6. The fourth-order valence-corrected chi connectivity index (χ4v) is 16.2. The number of fused-ring (bicyclic) bond motifs is 1. The Balaban J connectivity index is 1.20. The van der Waals surface area contributed by atoms with Crippen molar-refractivity contribution in [1.29, 1.82) is 0 Å². The third-order valence-electron chi connectivity index (χ3n) is 22.7. The highest BCUT2D eigenvalue weighted by Crippen LogP contribution is 2.26. The number of aryl methyl sites for hydroxylation is 1. The Morgan fingerprint density at radius 2 is 1.05 bits per heavy atom. The van der Waals surface area contributed by atoms with E-state index in [2.05, 4.69) is 52.8 Å². The highest BCUT2D eigenvalue weighted by atomic mass is 32.2. The molecule has 0 aliphatic carbocycles. The van der Waals surface area contributed by atoms with E-state index in [1.807, 2.05) is 19.1 Å². The number of carboxylic acid groups (broad SMARTS) is 1. The first kappa shape index (κ1) is 104. The molecule has 1 saturated heterocycles. The van der Waals surface area contributed by atoms with Gasteiger partial charge in [0.1, 0.15) is 77.7 Å². The Labute approximate surface area is 770 Å². The van der Waals surface area contributed by atoms with Crippen molar-refractivity contribution in [2.24, 2.45) is 23.5 Å². The van der Waals surface area contributed by atoms with E-state index in [9.17, 15) is 53.7 Å². The number of primary amides is 1. The van der Waals surface area contributed by atoms with Crippen LogP contribution in [0.3, 0.4) is 0 Å². The molecule has 1 aliphatic heterocycles. The highest BCUT2D eigenvalue weighted by Gasteiger charge is 2.42. The molecule has 2 heterocycles. The van der Waals surface area contributed by atoms with Gasteiger partial charge in [0, 0.05) is 90.3 Å². The van der Waals surface area contributed by atoms with Gasteiger partial charge in [-0.2, -0.15) is 0 Å². The van der Waals surface area contributed by atoms with E-state index in [4.69, 9.17) is 5.73 Å². The van der Waals surface area contributed by atoms with E-state index in [0.29, 0.717) is 46.0 Å². The molecule has 11 atom stereocenters. The van der Waals surface area contributed by atoms with E-state index < -0.39 is 217 Å². The van der Waals surface area contributed by atoms with Crippen molar-refractivity contribution in [2.45, 2.75) is 172 Å². The van der Waals surface area contributed by atoms with Crippen LogP contribution in [0.4, 0.5) is 4.39 Å². The summed E-state index contributed by atoms with van der Waals surface area (Å²) in [5.41, 5.74) is 9.08. The second kappa shape index (κ2) is 50.4. The van der Waals surface area contributed by atoms with Crippen LogP contribution in [0.5, 0.6) is 11.5 Å². The summed E-state index contributed by atoms with van der Waals surface area (Å²) in [5, 5.41) is 55.6. The van der Waals surface area contributed by atoms with Gasteiger partial charge in [-0.15, -0.1) is 11.8 Å². The number of para-hydroxylation sites is 1. The van der Waals surface area contributed by atoms with E-state index in [-0.39, 0.29) is 80.1 Å². The van der Waals surface area contributed by atoms with E-state index in [1.54, 1.807) is 92.8 Å². The van der Waals surface area contributed by atoms with Crippen LogP contribution in [0, 0.1) is 23.6 Å². The van der Waals surface area contributed by atoms with Crippen molar-refractivity contribution in [2.75, 3.05) is 72.9 Å². The zero-order valence-corrected chi connectivity index (χ0v) is 76.6. The summed E-state index contributed by atoms with van der Waals surface area (Å²) in [6, 6.07) is 25.7. The van der Waals surface area contributed by atoms with Crippen molar-refractivity contribution in [3.05, 3.63) is 203 Å². The molecule has 1 aliphatic rings. The molecule has 0 radical (unpaired) electrons. The van der Waals surface area contributed by atoms with Gasteiger partial charge in [0.05, 0.1) is 37.7 Å². The van der Waals surface area contributed by atoms with Crippen molar-refractivity contribution in [3.63, 3.8) is 0 Å². The summed E-state index contributed by atoms with van der Waals surface area (Å²) < 4.78 is 15.2. The zero-order valence-electron chi connectivity index (χ0n) is 75.8. The number of likely N-dealkylation sites (N-methyl/N-ethyl adjacent to an activating group) is 5. The summed E-state index contributed by atoms with van der Waals surface area (Å²) in [7, 11) is 6.43.